The van der Waals surface area contributed by atoms with Gasteiger partial charge in [-0.25, -0.2) is 0 Å². The first-order valence-corrected chi connectivity index (χ1v) is 9.22. The Bertz CT molecular complexity index is 801. The minimum Gasteiger partial charge on any atom is -0.489 e. The van der Waals surface area contributed by atoms with E-state index in [1.165, 1.54) is 0 Å². The first kappa shape index (κ1) is 19.0. The maximum absolute atomic E-state index is 12.8. The Morgan fingerprint density at radius 3 is 2.33 bits per heavy atom. The predicted molar refractivity (Wildman–Crippen MR) is 103 cm³/mol. The van der Waals surface area contributed by atoms with Crippen LogP contribution in [0.25, 0.3) is 0 Å². The molecule has 142 valence electrons. The van der Waals surface area contributed by atoms with E-state index in [0.29, 0.717) is 25.1 Å². The van der Waals surface area contributed by atoms with Crippen LogP contribution in [-0.2, 0) is 11.4 Å². The van der Waals surface area contributed by atoms with Gasteiger partial charge in [-0.15, -0.1) is 0 Å². The van der Waals surface area contributed by atoms with Crippen LogP contribution >= 0.6 is 0 Å². The summed E-state index contributed by atoms with van der Waals surface area (Å²) in [7, 11) is 0. The third-order valence-electron chi connectivity index (χ3n) is 5.47. The van der Waals surface area contributed by atoms with Crippen molar-refractivity contribution >= 4 is 11.9 Å². The number of carbonyl (C=O) groups is 2. The Kier molecular flexibility index (Phi) is 5.49. The van der Waals surface area contributed by atoms with Crippen LogP contribution in [0, 0.1) is 11.3 Å². The molecular formula is C22H25NO4. The van der Waals surface area contributed by atoms with E-state index in [-0.39, 0.29) is 18.4 Å². The van der Waals surface area contributed by atoms with Crippen LogP contribution in [0.5, 0.6) is 5.75 Å². The van der Waals surface area contributed by atoms with Gasteiger partial charge in [0.25, 0.3) is 5.91 Å². The van der Waals surface area contributed by atoms with Crippen molar-refractivity contribution in [3.63, 3.8) is 0 Å². The quantitative estimate of drug-likeness (QED) is 0.842. The molecule has 0 radical (unpaired) electrons. The molecule has 27 heavy (non-hydrogen) atoms. The second-order valence-electron chi connectivity index (χ2n) is 7.39. The number of ether oxygens (including phenoxy) is 1. The fraction of sp³-hybridized carbons (Fsp3) is 0.364. The van der Waals surface area contributed by atoms with Crippen LogP contribution < -0.4 is 4.74 Å². The summed E-state index contributed by atoms with van der Waals surface area (Å²) in [6.45, 7) is 4.98. The first-order chi connectivity index (χ1) is 12.9. The highest BCUT2D eigenvalue weighted by Crippen LogP contribution is 2.38. The van der Waals surface area contributed by atoms with E-state index in [9.17, 15) is 14.7 Å². The Morgan fingerprint density at radius 2 is 1.78 bits per heavy atom. The summed E-state index contributed by atoms with van der Waals surface area (Å²) in [5.41, 5.74) is 0.696. The summed E-state index contributed by atoms with van der Waals surface area (Å²) >= 11 is 0. The molecule has 1 saturated heterocycles. The second kappa shape index (κ2) is 7.82. The number of carbonyl (C=O) groups excluding carboxylic acids is 1. The van der Waals surface area contributed by atoms with Crippen molar-refractivity contribution in [2.75, 3.05) is 13.1 Å². The molecule has 1 fully saturated rings. The van der Waals surface area contributed by atoms with E-state index in [0.717, 1.165) is 11.3 Å². The minimum atomic E-state index is -0.848. The molecule has 0 spiro atoms. The van der Waals surface area contributed by atoms with Crippen LogP contribution in [0.15, 0.2) is 54.6 Å². The average Bonchev–Trinajstić information content (AvgIpc) is 3.14. The number of hydrogen-bond donors (Lipinski definition) is 1. The highest BCUT2D eigenvalue weighted by molar-refractivity contribution is 5.95. The highest BCUT2D eigenvalue weighted by Gasteiger charge is 2.48. The zero-order chi connectivity index (χ0) is 19.4. The van der Waals surface area contributed by atoms with Crippen molar-refractivity contribution in [2.45, 2.75) is 26.9 Å². The fourth-order valence-corrected chi connectivity index (χ4v) is 3.51. The van der Waals surface area contributed by atoms with Crippen molar-refractivity contribution < 1.29 is 19.4 Å². The van der Waals surface area contributed by atoms with E-state index < -0.39 is 11.4 Å². The lowest BCUT2D eigenvalue weighted by Crippen LogP contribution is -2.40. The lowest BCUT2D eigenvalue weighted by atomic mass is 9.76. The summed E-state index contributed by atoms with van der Waals surface area (Å²) in [6, 6.07) is 16.9. The molecule has 0 aliphatic carbocycles. The van der Waals surface area contributed by atoms with Gasteiger partial charge in [0, 0.05) is 18.7 Å². The maximum atomic E-state index is 12.8. The van der Waals surface area contributed by atoms with Crippen molar-refractivity contribution in [3.05, 3.63) is 65.7 Å². The Labute approximate surface area is 159 Å². The number of nitrogens with zero attached hydrogens (tertiary/aromatic N) is 1. The van der Waals surface area contributed by atoms with Gasteiger partial charge in [-0.2, -0.15) is 0 Å². The predicted octanol–water partition coefficient (Wildman–Crippen LogP) is 3.84. The standard InChI is InChI=1S/C22H25NO4/c1-16(2)22(21(25)26)12-13-23(15-22)20(24)18-10-8-17(9-11-18)14-27-19-6-4-3-5-7-19/h3-11,16H,12-15H2,1-2H3,(H,25,26). The van der Waals surface area contributed by atoms with Gasteiger partial charge >= 0.3 is 5.97 Å². The van der Waals surface area contributed by atoms with E-state index in [2.05, 4.69) is 0 Å². The van der Waals surface area contributed by atoms with E-state index in [1.54, 1.807) is 17.0 Å². The molecule has 2 aromatic rings. The number of carboxylic acids is 1. The number of benzene rings is 2. The van der Waals surface area contributed by atoms with Gasteiger partial charge in [-0.1, -0.05) is 44.2 Å². The molecular weight excluding hydrogens is 342 g/mol. The van der Waals surface area contributed by atoms with Crippen LogP contribution in [0.2, 0.25) is 0 Å². The smallest absolute Gasteiger partial charge is 0.311 e. The molecule has 1 atom stereocenters. The summed E-state index contributed by atoms with van der Waals surface area (Å²) in [6.07, 6.45) is 0.495. The van der Waals surface area contributed by atoms with E-state index in [4.69, 9.17) is 4.74 Å². The van der Waals surface area contributed by atoms with E-state index in [1.807, 2.05) is 56.3 Å². The molecule has 5 heteroatoms. The van der Waals surface area contributed by atoms with Crippen LogP contribution in [-0.4, -0.2) is 35.0 Å². The zero-order valence-electron chi connectivity index (χ0n) is 15.7. The second-order valence-corrected chi connectivity index (χ2v) is 7.39. The molecule has 1 heterocycles. The normalized spacial score (nSPS) is 19.3. The number of carboxylic acid groups (broad SMARTS) is 1. The zero-order valence-corrected chi connectivity index (χ0v) is 15.7. The Balaban J connectivity index is 1.63. The summed E-state index contributed by atoms with van der Waals surface area (Å²) < 4.78 is 5.71. The third kappa shape index (κ3) is 3.97. The first-order valence-electron chi connectivity index (χ1n) is 9.22. The SMILES string of the molecule is CC(C)C1(C(=O)O)CCN(C(=O)c2ccc(COc3ccccc3)cc2)C1. The summed E-state index contributed by atoms with van der Waals surface area (Å²) in [4.78, 5) is 26.2. The molecule has 1 aliphatic rings. The van der Waals surface area contributed by atoms with Gasteiger partial charge in [-0.05, 0) is 42.2 Å². The number of likely N-dealkylation sites (tertiary alicyclic amines) is 1. The number of amides is 1. The van der Waals surface area contributed by atoms with Gasteiger partial charge in [0.15, 0.2) is 0 Å². The largest absolute Gasteiger partial charge is 0.489 e. The highest BCUT2D eigenvalue weighted by atomic mass is 16.5. The van der Waals surface area contributed by atoms with Gasteiger partial charge in [-0.3, -0.25) is 9.59 Å². The summed E-state index contributed by atoms with van der Waals surface area (Å²) in [5.74, 6) is -0.158. The fourth-order valence-electron chi connectivity index (χ4n) is 3.51. The number of rotatable bonds is 6. The lowest BCUT2D eigenvalue weighted by molar-refractivity contribution is -0.150. The molecule has 5 nitrogen and oxygen atoms in total. The summed E-state index contributed by atoms with van der Waals surface area (Å²) in [5, 5.41) is 9.64. The van der Waals surface area contributed by atoms with Gasteiger partial charge < -0.3 is 14.7 Å². The van der Waals surface area contributed by atoms with Crippen LogP contribution in [0.3, 0.4) is 0 Å². The van der Waals surface area contributed by atoms with Crippen LogP contribution in [0.4, 0.5) is 0 Å². The molecule has 1 aliphatic heterocycles. The molecule has 2 aromatic carbocycles. The molecule has 3 rings (SSSR count). The van der Waals surface area contributed by atoms with Gasteiger partial charge in [0.1, 0.15) is 12.4 Å². The molecule has 0 saturated carbocycles. The van der Waals surface area contributed by atoms with E-state index >= 15 is 0 Å². The number of hydrogen-bond acceptors (Lipinski definition) is 3. The molecule has 0 aromatic heterocycles. The minimum absolute atomic E-state index is 0.0229. The van der Waals surface area contributed by atoms with Gasteiger partial charge in [0.05, 0.1) is 5.41 Å². The Hall–Kier alpha value is -2.82. The molecule has 1 unspecified atom stereocenters. The van der Waals surface area contributed by atoms with Crippen LogP contribution in [0.1, 0.15) is 36.2 Å². The van der Waals surface area contributed by atoms with Gasteiger partial charge in [0.2, 0.25) is 0 Å². The van der Waals surface area contributed by atoms with Crippen molar-refractivity contribution in [3.8, 4) is 5.75 Å². The Morgan fingerprint density at radius 1 is 1.11 bits per heavy atom. The molecule has 1 N–H and O–H groups in total. The molecule has 1 amide bonds. The number of para-hydroxylation sites is 1. The van der Waals surface area contributed by atoms with Crippen molar-refractivity contribution in [1.82, 2.24) is 4.90 Å². The molecule has 0 bridgehead atoms. The third-order valence-corrected chi connectivity index (χ3v) is 5.47. The topological polar surface area (TPSA) is 66.8 Å². The number of aliphatic carboxylic acids is 1. The monoisotopic (exact) mass is 367 g/mol. The maximum Gasteiger partial charge on any atom is 0.311 e. The van der Waals surface area contributed by atoms with Crippen molar-refractivity contribution in [1.29, 1.82) is 0 Å². The average molecular weight is 367 g/mol. The van der Waals surface area contributed by atoms with Crippen molar-refractivity contribution in [2.24, 2.45) is 11.3 Å². The lowest BCUT2D eigenvalue weighted by Gasteiger charge is -2.28.